The van der Waals surface area contributed by atoms with Crippen molar-refractivity contribution in [3.8, 4) is 17.9 Å². The van der Waals surface area contributed by atoms with Gasteiger partial charge >= 0.3 is 0 Å². The number of hydrogen-bond acceptors (Lipinski definition) is 2. The van der Waals surface area contributed by atoms with Crippen LogP contribution in [-0.2, 0) is 0 Å². The molecule has 0 aliphatic rings. The number of rotatable bonds is 5. The van der Waals surface area contributed by atoms with Crippen LogP contribution >= 0.6 is 0 Å². The van der Waals surface area contributed by atoms with Crippen LogP contribution in [0.15, 0.2) is 78.6 Å². The molecule has 0 aliphatic heterocycles. The Balaban J connectivity index is 3.01. The van der Waals surface area contributed by atoms with Crippen molar-refractivity contribution in [2.24, 2.45) is 0 Å². The van der Waals surface area contributed by atoms with Crippen molar-refractivity contribution in [2.45, 2.75) is 13.8 Å². The summed E-state index contributed by atoms with van der Waals surface area (Å²) in [5, 5.41) is 8.96. The summed E-state index contributed by atoms with van der Waals surface area (Å²) in [6, 6.07) is 6.16. The summed E-state index contributed by atoms with van der Waals surface area (Å²) in [5.41, 5.74) is 3.10. The number of nitriles is 1. The maximum Gasteiger partial charge on any atom is 0.126 e. The predicted molar refractivity (Wildman–Crippen MR) is 103 cm³/mol. The Morgan fingerprint density at radius 2 is 2.00 bits per heavy atom. The Kier molecular flexibility index (Phi) is 7.70. The molecule has 0 saturated heterocycles. The standard InChI is InChI=1S/C22H21FN2/c1-6-8-9-19(7-2)11-10-17(3)12-18(4)25(5)22-14-20(16-24)13-21(23)15-22/h6-9,12-15H,2-3H2,1,4-5H3/b8-6-,18-12-,19-9+. The summed E-state index contributed by atoms with van der Waals surface area (Å²) in [6.07, 6.45) is 9.15. The first-order chi connectivity index (χ1) is 11.9. The highest BCUT2D eigenvalue weighted by molar-refractivity contribution is 5.57. The third-order valence-corrected chi connectivity index (χ3v) is 3.37. The van der Waals surface area contributed by atoms with E-state index in [-0.39, 0.29) is 5.56 Å². The highest BCUT2D eigenvalue weighted by atomic mass is 19.1. The first-order valence-electron chi connectivity index (χ1n) is 7.70. The second-order valence-electron chi connectivity index (χ2n) is 5.28. The molecule has 0 fully saturated rings. The van der Waals surface area contributed by atoms with Gasteiger partial charge < -0.3 is 4.90 Å². The molecule has 1 rings (SSSR count). The van der Waals surface area contributed by atoms with Crippen molar-refractivity contribution in [3.63, 3.8) is 0 Å². The SMILES string of the molecule is C=C/C(C#CC(=C)/C=C(/C)N(C)c1cc(F)cc(C#N)c1)=C\C=C/C. The van der Waals surface area contributed by atoms with E-state index < -0.39 is 5.82 Å². The van der Waals surface area contributed by atoms with Crippen LogP contribution in [0.5, 0.6) is 0 Å². The maximum atomic E-state index is 13.6. The van der Waals surface area contributed by atoms with Crippen molar-refractivity contribution in [1.82, 2.24) is 0 Å². The third kappa shape index (κ3) is 6.37. The van der Waals surface area contributed by atoms with E-state index in [1.54, 1.807) is 30.2 Å². The summed E-state index contributed by atoms with van der Waals surface area (Å²) in [5.74, 6) is 5.51. The second kappa shape index (κ2) is 9.75. The Morgan fingerprint density at radius 3 is 2.60 bits per heavy atom. The number of anilines is 1. The zero-order valence-corrected chi connectivity index (χ0v) is 14.8. The second-order valence-corrected chi connectivity index (χ2v) is 5.28. The lowest BCUT2D eigenvalue weighted by Gasteiger charge is -2.20. The topological polar surface area (TPSA) is 27.0 Å². The minimum absolute atomic E-state index is 0.276. The van der Waals surface area contributed by atoms with Gasteiger partial charge in [0.1, 0.15) is 5.82 Å². The summed E-state index contributed by atoms with van der Waals surface area (Å²) in [6.45, 7) is 11.4. The summed E-state index contributed by atoms with van der Waals surface area (Å²) in [4.78, 5) is 1.78. The molecule has 1 aromatic carbocycles. The van der Waals surface area contributed by atoms with E-state index in [0.717, 1.165) is 11.3 Å². The fraction of sp³-hybridized carbons (Fsp3) is 0.136. The Labute approximate surface area is 149 Å². The molecule has 0 bridgehead atoms. The van der Waals surface area contributed by atoms with Gasteiger partial charge in [-0.25, -0.2) is 4.39 Å². The average Bonchev–Trinajstić information content (AvgIpc) is 2.60. The molecule has 0 spiro atoms. The van der Waals surface area contributed by atoms with E-state index in [4.69, 9.17) is 5.26 Å². The highest BCUT2D eigenvalue weighted by Gasteiger charge is 2.07. The number of halogens is 1. The minimum Gasteiger partial charge on any atom is -0.348 e. The van der Waals surface area contributed by atoms with Crippen LogP contribution in [-0.4, -0.2) is 7.05 Å². The van der Waals surface area contributed by atoms with E-state index in [9.17, 15) is 4.39 Å². The lowest BCUT2D eigenvalue weighted by molar-refractivity contribution is 0.627. The van der Waals surface area contributed by atoms with Crippen LogP contribution in [0.4, 0.5) is 10.1 Å². The van der Waals surface area contributed by atoms with Gasteiger partial charge in [0.15, 0.2) is 0 Å². The van der Waals surface area contributed by atoms with Gasteiger partial charge in [-0.05, 0) is 44.2 Å². The van der Waals surface area contributed by atoms with E-state index in [2.05, 4.69) is 25.0 Å². The van der Waals surface area contributed by atoms with Gasteiger partial charge in [0.05, 0.1) is 11.6 Å². The number of benzene rings is 1. The van der Waals surface area contributed by atoms with Crippen LogP contribution in [0, 0.1) is 29.0 Å². The quantitative estimate of drug-likeness (QED) is 0.541. The average molecular weight is 332 g/mol. The molecule has 0 radical (unpaired) electrons. The van der Waals surface area contributed by atoms with Crippen molar-refractivity contribution < 1.29 is 4.39 Å². The fourth-order valence-corrected chi connectivity index (χ4v) is 1.93. The number of allylic oxidation sites excluding steroid dienone is 8. The highest BCUT2D eigenvalue weighted by Crippen LogP contribution is 2.21. The maximum absolute atomic E-state index is 13.6. The van der Waals surface area contributed by atoms with Gasteiger partial charge in [-0.1, -0.05) is 43.2 Å². The molecule has 0 unspecified atom stereocenters. The molecule has 25 heavy (non-hydrogen) atoms. The van der Waals surface area contributed by atoms with Crippen LogP contribution < -0.4 is 4.90 Å². The van der Waals surface area contributed by atoms with E-state index >= 15 is 0 Å². The fourth-order valence-electron chi connectivity index (χ4n) is 1.93. The molecule has 3 heteroatoms. The van der Waals surface area contributed by atoms with Gasteiger partial charge in [-0.3, -0.25) is 0 Å². The van der Waals surface area contributed by atoms with E-state index in [1.165, 1.54) is 12.1 Å². The predicted octanol–water partition coefficient (Wildman–Crippen LogP) is 5.29. The van der Waals surface area contributed by atoms with E-state index in [1.807, 2.05) is 38.1 Å². The Bertz CT molecular complexity index is 852. The smallest absolute Gasteiger partial charge is 0.126 e. The summed E-state index contributed by atoms with van der Waals surface area (Å²) < 4.78 is 13.6. The zero-order chi connectivity index (χ0) is 18.8. The van der Waals surface area contributed by atoms with Crippen molar-refractivity contribution in [3.05, 3.63) is 90.0 Å². The lowest BCUT2D eigenvalue weighted by atomic mass is 10.1. The zero-order valence-electron chi connectivity index (χ0n) is 14.8. The summed E-state index contributed by atoms with van der Waals surface area (Å²) in [7, 11) is 1.80. The van der Waals surface area contributed by atoms with Gasteiger partial charge in [0.2, 0.25) is 0 Å². The number of nitrogens with zero attached hydrogens (tertiary/aromatic N) is 2. The monoisotopic (exact) mass is 332 g/mol. The van der Waals surface area contributed by atoms with Crippen molar-refractivity contribution in [2.75, 3.05) is 11.9 Å². The molecule has 0 N–H and O–H groups in total. The first-order valence-corrected chi connectivity index (χ1v) is 7.70. The molecule has 0 amide bonds. The normalized spacial score (nSPS) is 11.5. The van der Waals surface area contributed by atoms with Crippen LogP contribution in [0.25, 0.3) is 0 Å². The molecular formula is C22H21FN2. The molecule has 1 aromatic rings. The lowest BCUT2D eigenvalue weighted by Crippen LogP contribution is -2.14. The van der Waals surface area contributed by atoms with Gasteiger partial charge in [0.25, 0.3) is 0 Å². The van der Waals surface area contributed by atoms with Crippen molar-refractivity contribution in [1.29, 1.82) is 5.26 Å². The van der Waals surface area contributed by atoms with Crippen molar-refractivity contribution >= 4 is 5.69 Å². The third-order valence-electron chi connectivity index (χ3n) is 3.37. The van der Waals surface area contributed by atoms with Crippen LogP contribution in [0.2, 0.25) is 0 Å². The Hall–Kier alpha value is -3.30. The molecular weight excluding hydrogens is 311 g/mol. The molecule has 126 valence electrons. The summed E-state index contributed by atoms with van der Waals surface area (Å²) >= 11 is 0. The van der Waals surface area contributed by atoms with Crippen LogP contribution in [0.1, 0.15) is 19.4 Å². The number of hydrogen-bond donors (Lipinski definition) is 0. The minimum atomic E-state index is -0.447. The molecule has 0 atom stereocenters. The van der Waals surface area contributed by atoms with E-state index in [0.29, 0.717) is 11.3 Å². The van der Waals surface area contributed by atoms with Gasteiger partial charge in [-0.2, -0.15) is 5.26 Å². The molecule has 2 nitrogen and oxygen atoms in total. The molecule has 0 aromatic heterocycles. The van der Waals surface area contributed by atoms with Gasteiger partial charge in [0, 0.05) is 29.6 Å². The van der Waals surface area contributed by atoms with Crippen LogP contribution in [0.3, 0.4) is 0 Å². The molecule has 0 saturated carbocycles. The molecule has 0 heterocycles. The molecule has 0 aliphatic carbocycles. The first kappa shape index (κ1) is 19.7. The Morgan fingerprint density at radius 1 is 1.28 bits per heavy atom. The van der Waals surface area contributed by atoms with Gasteiger partial charge in [-0.15, -0.1) is 0 Å². The largest absolute Gasteiger partial charge is 0.348 e.